The number of nitrogens with zero attached hydrogens (tertiary/aromatic N) is 1. The molecule has 0 N–H and O–H groups in total. The molecule has 1 heteroatoms. The fraction of sp³-hybridized carbons (Fsp3) is 0.0870. The molecule has 0 bridgehead atoms. The van der Waals surface area contributed by atoms with E-state index >= 15 is 0 Å². The van der Waals surface area contributed by atoms with Gasteiger partial charge in [0.05, 0.1) is 5.41 Å². The van der Waals surface area contributed by atoms with Crippen LogP contribution < -0.4 is 4.90 Å². The summed E-state index contributed by atoms with van der Waals surface area (Å²) in [4.78, 5) is 2.38. The van der Waals surface area contributed by atoms with Gasteiger partial charge in [0.1, 0.15) is 0 Å². The number of hydrogen-bond acceptors (Lipinski definition) is 1. The molecule has 0 amide bonds. The predicted molar refractivity (Wildman–Crippen MR) is 196 cm³/mol. The van der Waals surface area contributed by atoms with Gasteiger partial charge in [-0.25, -0.2) is 0 Å². The Kier molecular flexibility index (Phi) is 6.14. The molecule has 0 aliphatic heterocycles. The zero-order valence-corrected chi connectivity index (χ0v) is 26.7. The topological polar surface area (TPSA) is 3.24 Å². The molecule has 47 heavy (non-hydrogen) atoms. The minimum Gasteiger partial charge on any atom is -0.310 e. The monoisotopic (exact) mass is 601 g/mol. The SMILES string of the molecule is CC1(C)c2ccccc2-c2c1ccc1c2C(c2ccccc2)(c2ccccc2)c2cc(N(c3ccccc3)c3ccccc3)ccc2-1. The quantitative estimate of drug-likeness (QED) is 0.190. The van der Waals surface area contributed by atoms with Gasteiger partial charge in [0, 0.05) is 22.5 Å². The van der Waals surface area contributed by atoms with Crippen molar-refractivity contribution in [3.05, 3.63) is 209 Å². The number of hydrogen-bond donors (Lipinski definition) is 0. The Morgan fingerprint density at radius 2 is 0.894 bits per heavy atom. The van der Waals surface area contributed by atoms with E-state index in [-0.39, 0.29) is 5.41 Å². The molecule has 0 saturated carbocycles. The van der Waals surface area contributed by atoms with Crippen molar-refractivity contribution in [1.29, 1.82) is 0 Å². The third-order valence-electron chi connectivity index (χ3n) is 10.5. The molecule has 2 aliphatic rings. The Hall–Kier alpha value is -5.66. The Morgan fingerprint density at radius 3 is 1.49 bits per heavy atom. The maximum atomic E-state index is 2.47. The Morgan fingerprint density at radius 1 is 0.383 bits per heavy atom. The van der Waals surface area contributed by atoms with E-state index < -0.39 is 5.41 Å². The molecule has 0 spiro atoms. The van der Waals surface area contributed by atoms with Crippen LogP contribution in [0.4, 0.5) is 17.1 Å². The number of para-hydroxylation sites is 2. The van der Waals surface area contributed by atoms with E-state index in [2.05, 4.69) is 195 Å². The van der Waals surface area contributed by atoms with Crippen LogP contribution >= 0.6 is 0 Å². The number of rotatable bonds is 5. The summed E-state index contributed by atoms with van der Waals surface area (Å²) in [5.74, 6) is 0. The van der Waals surface area contributed by atoms with E-state index in [0.717, 1.165) is 17.1 Å². The van der Waals surface area contributed by atoms with Crippen LogP contribution in [0.3, 0.4) is 0 Å². The van der Waals surface area contributed by atoms with Crippen LogP contribution in [0.25, 0.3) is 22.3 Å². The van der Waals surface area contributed by atoms with Crippen LogP contribution in [-0.2, 0) is 10.8 Å². The van der Waals surface area contributed by atoms with Crippen LogP contribution in [0.2, 0.25) is 0 Å². The molecule has 0 aromatic heterocycles. The lowest BCUT2D eigenvalue weighted by atomic mass is 9.65. The Bertz CT molecular complexity index is 2170. The van der Waals surface area contributed by atoms with E-state index in [1.54, 1.807) is 0 Å². The maximum absolute atomic E-state index is 2.47. The Balaban J connectivity index is 1.42. The van der Waals surface area contributed by atoms with Gasteiger partial charge in [0.25, 0.3) is 0 Å². The van der Waals surface area contributed by atoms with Crippen LogP contribution in [0.15, 0.2) is 176 Å². The third-order valence-corrected chi connectivity index (χ3v) is 10.5. The first-order chi connectivity index (χ1) is 23.1. The molecule has 0 heterocycles. The minimum atomic E-state index is -0.527. The Labute approximate surface area is 277 Å². The average Bonchev–Trinajstić information content (AvgIpc) is 3.56. The average molecular weight is 602 g/mol. The van der Waals surface area contributed by atoms with E-state index in [9.17, 15) is 0 Å². The van der Waals surface area contributed by atoms with Crippen molar-refractivity contribution in [1.82, 2.24) is 0 Å². The van der Waals surface area contributed by atoms with Crippen LogP contribution in [-0.4, -0.2) is 0 Å². The van der Waals surface area contributed by atoms with Crippen molar-refractivity contribution in [3.63, 3.8) is 0 Å². The lowest BCUT2D eigenvalue weighted by molar-refractivity contribution is 0.658. The smallest absolute Gasteiger partial charge is 0.0720 e. The van der Waals surface area contributed by atoms with Gasteiger partial charge in [0.15, 0.2) is 0 Å². The number of anilines is 3. The first-order valence-electron chi connectivity index (χ1n) is 16.5. The molecule has 1 nitrogen and oxygen atoms in total. The highest BCUT2D eigenvalue weighted by Gasteiger charge is 2.51. The van der Waals surface area contributed by atoms with Crippen molar-refractivity contribution in [3.8, 4) is 22.3 Å². The van der Waals surface area contributed by atoms with Crippen LogP contribution in [0.5, 0.6) is 0 Å². The zero-order chi connectivity index (χ0) is 31.6. The van der Waals surface area contributed by atoms with Crippen molar-refractivity contribution < 1.29 is 0 Å². The van der Waals surface area contributed by atoms with Gasteiger partial charge in [-0.3, -0.25) is 0 Å². The zero-order valence-electron chi connectivity index (χ0n) is 26.7. The molecule has 9 rings (SSSR count). The van der Waals surface area contributed by atoms with Gasteiger partial charge in [-0.2, -0.15) is 0 Å². The first kappa shape index (κ1) is 27.6. The second kappa shape index (κ2) is 10.4. The molecular formula is C46H35N. The van der Waals surface area contributed by atoms with Gasteiger partial charge in [-0.05, 0) is 92.0 Å². The summed E-state index contributed by atoms with van der Waals surface area (Å²) >= 11 is 0. The summed E-state index contributed by atoms with van der Waals surface area (Å²) in [5.41, 5.74) is 16.2. The van der Waals surface area contributed by atoms with E-state index in [1.165, 1.54) is 55.6 Å². The lowest BCUT2D eigenvalue weighted by Gasteiger charge is -2.36. The van der Waals surface area contributed by atoms with E-state index in [4.69, 9.17) is 0 Å². The summed E-state index contributed by atoms with van der Waals surface area (Å²) in [6.45, 7) is 4.77. The fourth-order valence-corrected chi connectivity index (χ4v) is 8.50. The summed E-state index contributed by atoms with van der Waals surface area (Å²) in [7, 11) is 0. The summed E-state index contributed by atoms with van der Waals surface area (Å²) in [6.07, 6.45) is 0. The molecule has 2 aliphatic carbocycles. The van der Waals surface area contributed by atoms with Crippen molar-refractivity contribution in [2.45, 2.75) is 24.7 Å². The standard InChI is InChI=1S/C46H35N/c1-45(2)40-26-16-15-25-39(40)43-41(45)30-29-38-37-28-27-36(47(34-21-11-5-12-22-34)35-23-13-6-14-24-35)31-42(37)46(44(38)43,32-17-7-3-8-18-32)33-19-9-4-10-20-33/h3-31H,1-2H3. The summed E-state index contributed by atoms with van der Waals surface area (Å²) in [5, 5.41) is 0. The van der Waals surface area contributed by atoms with Crippen molar-refractivity contribution >= 4 is 17.1 Å². The first-order valence-corrected chi connectivity index (χ1v) is 16.5. The molecule has 0 atom stereocenters. The third kappa shape index (κ3) is 3.90. The van der Waals surface area contributed by atoms with E-state index in [0.29, 0.717) is 0 Å². The van der Waals surface area contributed by atoms with Gasteiger partial charge in [-0.1, -0.05) is 153 Å². The van der Waals surface area contributed by atoms with Gasteiger partial charge < -0.3 is 4.90 Å². The largest absolute Gasteiger partial charge is 0.310 e. The highest BCUT2D eigenvalue weighted by molar-refractivity contribution is 5.98. The summed E-state index contributed by atoms with van der Waals surface area (Å²) < 4.78 is 0. The summed E-state index contributed by atoms with van der Waals surface area (Å²) in [6, 6.07) is 64.8. The molecule has 0 fully saturated rings. The molecule has 224 valence electrons. The normalized spacial score (nSPS) is 14.5. The fourth-order valence-electron chi connectivity index (χ4n) is 8.50. The molecule has 0 unspecified atom stereocenters. The van der Waals surface area contributed by atoms with E-state index in [1.807, 2.05) is 0 Å². The molecular weight excluding hydrogens is 567 g/mol. The lowest BCUT2D eigenvalue weighted by Crippen LogP contribution is -2.29. The van der Waals surface area contributed by atoms with Crippen molar-refractivity contribution in [2.24, 2.45) is 0 Å². The second-order valence-corrected chi connectivity index (χ2v) is 13.3. The minimum absolute atomic E-state index is 0.0998. The van der Waals surface area contributed by atoms with Crippen molar-refractivity contribution in [2.75, 3.05) is 4.90 Å². The van der Waals surface area contributed by atoms with Gasteiger partial charge in [-0.15, -0.1) is 0 Å². The van der Waals surface area contributed by atoms with Crippen LogP contribution in [0.1, 0.15) is 47.2 Å². The highest BCUT2D eigenvalue weighted by atomic mass is 15.1. The molecule has 0 saturated heterocycles. The molecule has 7 aromatic rings. The second-order valence-electron chi connectivity index (χ2n) is 13.3. The maximum Gasteiger partial charge on any atom is 0.0720 e. The predicted octanol–water partition coefficient (Wildman–Crippen LogP) is 11.8. The molecule has 0 radical (unpaired) electrons. The molecule has 7 aromatic carbocycles. The van der Waals surface area contributed by atoms with Crippen LogP contribution in [0, 0.1) is 0 Å². The highest BCUT2D eigenvalue weighted by Crippen LogP contribution is 2.63. The van der Waals surface area contributed by atoms with Gasteiger partial charge in [0.2, 0.25) is 0 Å². The number of fused-ring (bicyclic) bond motifs is 7. The van der Waals surface area contributed by atoms with Gasteiger partial charge >= 0.3 is 0 Å². The number of benzene rings is 7.